The molecular formula is C22H17ClN2O2. The number of hydrogen-bond donors (Lipinski definition) is 1. The van der Waals surface area contributed by atoms with E-state index in [-0.39, 0.29) is 5.75 Å². The van der Waals surface area contributed by atoms with Crippen molar-refractivity contribution in [2.75, 3.05) is 7.11 Å². The zero-order chi connectivity index (χ0) is 19.2. The Hall–Kier alpha value is -3.29. The molecule has 134 valence electrons. The lowest BCUT2D eigenvalue weighted by Gasteiger charge is -2.12. The van der Waals surface area contributed by atoms with Crippen molar-refractivity contribution in [3.05, 3.63) is 88.4 Å². The van der Waals surface area contributed by atoms with E-state index < -0.39 is 5.92 Å². The maximum Gasteiger partial charge on any atom is 0.166 e. The highest BCUT2D eigenvalue weighted by Gasteiger charge is 2.16. The minimum absolute atomic E-state index is 0.0279. The smallest absolute Gasteiger partial charge is 0.166 e. The monoisotopic (exact) mass is 376 g/mol. The normalized spacial score (nSPS) is 11.9. The molecule has 0 heterocycles. The first-order valence-corrected chi connectivity index (χ1v) is 8.66. The number of phenolic OH excluding ortho intramolecular Hbond substituents is 1. The molecule has 3 aromatic carbocycles. The minimum Gasteiger partial charge on any atom is -0.504 e. The van der Waals surface area contributed by atoms with Gasteiger partial charge in [0.2, 0.25) is 0 Å². The van der Waals surface area contributed by atoms with Gasteiger partial charge in [0, 0.05) is 16.8 Å². The van der Waals surface area contributed by atoms with Gasteiger partial charge in [0.25, 0.3) is 0 Å². The van der Waals surface area contributed by atoms with Crippen LogP contribution in [0.2, 0.25) is 5.02 Å². The molecule has 3 rings (SSSR count). The van der Waals surface area contributed by atoms with E-state index in [0.29, 0.717) is 22.0 Å². The first-order valence-electron chi connectivity index (χ1n) is 8.28. The highest BCUT2D eigenvalue weighted by Crippen LogP contribution is 2.33. The topological polar surface area (TPSA) is 65.6 Å². The van der Waals surface area contributed by atoms with Gasteiger partial charge in [0.1, 0.15) is 0 Å². The Bertz CT molecular complexity index is 1010. The van der Waals surface area contributed by atoms with Crippen molar-refractivity contribution in [1.29, 1.82) is 5.26 Å². The lowest BCUT2D eigenvalue weighted by Crippen LogP contribution is -1.98. The number of methoxy groups -OCH3 is 1. The van der Waals surface area contributed by atoms with Crippen LogP contribution in [0.3, 0.4) is 0 Å². The molecule has 1 atom stereocenters. The van der Waals surface area contributed by atoms with Crippen molar-refractivity contribution >= 4 is 23.5 Å². The Morgan fingerprint density at radius 3 is 2.56 bits per heavy atom. The number of benzene rings is 3. The van der Waals surface area contributed by atoms with Crippen LogP contribution in [-0.4, -0.2) is 18.4 Å². The third-order valence-electron chi connectivity index (χ3n) is 4.16. The number of phenols is 1. The lowest BCUT2D eigenvalue weighted by atomic mass is 9.92. The summed E-state index contributed by atoms with van der Waals surface area (Å²) in [5.41, 5.74) is 2.78. The molecule has 3 aromatic rings. The molecule has 0 aromatic heterocycles. The van der Waals surface area contributed by atoms with E-state index >= 15 is 0 Å². The summed E-state index contributed by atoms with van der Waals surface area (Å²) >= 11 is 6.42. The Balaban J connectivity index is 1.88. The van der Waals surface area contributed by atoms with Crippen LogP contribution in [0, 0.1) is 11.3 Å². The first kappa shape index (κ1) is 18.5. The van der Waals surface area contributed by atoms with E-state index in [0.717, 1.165) is 11.1 Å². The number of ether oxygens (including phenoxy) is 1. The van der Waals surface area contributed by atoms with E-state index in [4.69, 9.17) is 16.3 Å². The number of nitriles is 1. The molecule has 4 nitrogen and oxygen atoms in total. The fourth-order valence-electron chi connectivity index (χ4n) is 2.75. The quantitative estimate of drug-likeness (QED) is 0.601. The Morgan fingerprint density at radius 2 is 1.89 bits per heavy atom. The maximum absolute atomic E-state index is 10.1. The van der Waals surface area contributed by atoms with E-state index in [9.17, 15) is 10.4 Å². The van der Waals surface area contributed by atoms with Gasteiger partial charge in [0.05, 0.1) is 24.8 Å². The predicted molar refractivity (Wildman–Crippen MR) is 107 cm³/mol. The summed E-state index contributed by atoms with van der Waals surface area (Å²) in [5.74, 6) is -0.0358. The van der Waals surface area contributed by atoms with E-state index in [1.165, 1.54) is 7.11 Å². The third kappa shape index (κ3) is 4.11. The van der Waals surface area contributed by atoms with Crippen molar-refractivity contribution in [2.24, 2.45) is 4.99 Å². The van der Waals surface area contributed by atoms with Crippen LogP contribution in [0.4, 0.5) is 5.69 Å². The molecule has 0 spiro atoms. The first-order chi connectivity index (χ1) is 13.1. The second kappa shape index (κ2) is 8.39. The highest BCUT2D eigenvalue weighted by molar-refractivity contribution is 6.31. The van der Waals surface area contributed by atoms with Gasteiger partial charge in [-0.25, -0.2) is 0 Å². The van der Waals surface area contributed by atoms with Crippen LogP contribution in [0.25, 0.3) is 0 Å². The number of halogens is 1. The minimum atomic E-state index is -0.445. The lowest BCUT2D eigenvalue weighted by molar-refractivity contribution is 0.373. The van der Waals surface area contributed by atoms with Crippen molar-refractivity contribution in [1.82, 2.24) is 0 Å². The molecule has 0 aliphatic rings. The molecule has 0 fully saturated rings. The molecular weight excluding hydrogens is 360 g/mol. The standard InChI is InChI=1S/C22H17ClN2O2/c1-27-21-9-5-8-16(22(21)26)14-25-17-10-11-18(20(23)12-17)19(13-24)15-6-3-2-4-7-15/h2-12,14,19,26H,1H3/t19-/m1/s1. The SMILES string of the molecule is COc1cccc(C=Nc2ccc([C@H](C#N)c3ccccc3)c(Cl)c2)c1O. The zero-order valence-corrected chi connectivity index (χ0v) is 15.4. The molecule has 0 saturated heterocycles. The van der Waals surface area contributed by atoms with Gasteiger partial charge < -0.3 is 9.84 Å². The van der Waals surface area contributed by atoms with Crippen molar-refractivity contribution in [3.63, 3.8) is 0 Å². The number of aliphatic imine (C=N–C) groups is 1. The average Bonchev–Trinajstić information content (AvgIpc) is 2.70. The largest absolute Gasteiger partial charge is 0.504 e. The maximum atomic E-state index is 10.1. The Morgan fingerprint density at radius 1 is 1.11 bits per heavy atom. The second-order valence-electron chi connectivity index (χ2n) is 5.83. The summed E-state index contributed by atoms with van der Waals surface area (Å²) in [6.07, 6.45) is 1.54. The number of rotatable bonds is 5. The molecule has 0 amide bonds. The molecule has 1 N–H and O–H groups in total. The Kier molecular flexibility index (Phi) is 5.75. The van der Waals surface area contributed by atoms with Gasteiger partial charge in [0.15, 0.2) is 11.5 Å². The van der Waals surface area contributed by atoms with Crippen LogP contribution in [-0.2, 0) is 0 Å². The van der Waals surface area contributed by atoms with E-state index in [1.807, 2.05) is 30.3 Å². The highest BCUT2D eigenvalue weighted by atomic mass is 35.5. The van der Waals surface area contributed by atoms with Gasteiger partial charge in [-0.2, -0.15) is 5.26 Å². The predicted octanol–water partition coefficient (Wildman–Crippen LogP) is 5.46. The summed E-state index contributed by atoms with van der Waals surface area (Å²) in [6, 6.07) is 22.3. The summed E-state index contributed by atoms with van der Waals surface area (Å²) in [4.78, 5) is 4.36. The second-order valence-corrected chi connectivity index (χ2v) is 6.24. The summed E-state index contributed by atoms with van der Waals surface area (Å²) < 4.78 is 5.09. The van der Waals surface area contributed by atoms with Crippen molar-refractivity contribution in [2.45, 2.75) is 5.92 Å². The summed E-state index contributed by atoms with van der Waals surface area (Å²) in [6.45, 7) is 0. The number of para-hydroxylation sites is 1. The summed E-state index contributed by atoms with van der Waals surface area (Å²) in [7, 11) is 1.49. The van der Waals surface area contributed by atoms with Crippen molar-refractivity contribution < 1.29 is 9.84 Å². The molecule has 0 bridgehead atoms. The molecule has 0 aliphatic carbocycles. The van der Waals surface area contributed by atoms with Crippen molar-refractivity contribution in [3.8, 4) is 17.6 Å². The van der Waals surface area contributed by atoms with E-state index in [1.54, 1.807) is 42.6 Å². The van der Waals surface area contributed by atoms with Crippen LogP contribution in [0.15, 0.2) is 71.7 Å². The van der Waals surface area contributed by atoms with Gasteiger partial charge in [-0.15, -0.1) is 0 Å². The zero-order valence-electron chi connectivity index (χ0n) is 14.6. The van der Waals surface area contributed by atoms with Gasteiger partial charge in [-0.1, -0.05) is 54.1 Å². The number of hydrogen-bond acceptors (Lipinski definition) is 4. The molecule has 0 saturated carbocycles. The van der Waals surface area contributed by atoms with Crippen LogP contribution in [0.1, 0.15) is 22.6 Å². The molecule has 0 unspecified atom stereocenters. The fourth-order valence-corrected chi connectivity index (χ4v) is 3.04. The number of aromatic hydroxyl groups is 1. The van der Waals surface area contributed by atoms with Crippen LogP contribution in [0.5, 0.6) is 11.5 Å². The average molecular weight is 377 g/mol. The van der Waals surface area contributed by atoms with Crippen LogP contribution >= 0.6 is 11.6 Å². The van der Waals surface area contributed by atoms with Gasteiger partial charge in [-0.3, -0.25) is 4.99 Å². The third-order valence-corrected chi connectivity index (χ3v) is 4.49. The molecule has 27 heavy (non-hydrogen) atoms. The molecule has 5 heteroatoms. The van der Waals surface area contributed by atoms with Crippen LogP contribution < -0.4 is 4.74 Å². The Labute approximate surface area is 163 Å². The van der Waals surface area contributed by atoms with E-state index in [2.05, 4.69) is 11.1 Å². The molecule has 0 radical (unpaired) electrons. The van der Waals surface area contributed by atoms with Gasteiger partial charge >= 0.3 is 0 Å². The fraction of sp³-hybridized carbons (Fsp3) is 0.0909. The molecule has 0 aliphatic heterocycles. The summed E-state index contributed by atoms with van der Waals surface area (Å²) in [5, 5.41) is 20.2. The number of nitrogens with zero attached hydrogens (tertiary/aromatic N) is 2. The van der Waals surface area contributed by atoms with Gasteiger partial charge in [-0.05, 0) is 35.4 Å².